The Balaban J connectivity index is 2.17. The Hall–Kier alpha value is -3.48. The zero-order chi connectivity index (χ0) is 19.6. The van der Waals surface area contributed by atoms with Crippen molar-refractivity contribution in [2.45, 2.75) is 0 Å². The largest absolute Gasteiger partial charge is 0.493 e. The number of esters is 2. The summed E-state index contributed by atoms with van der Waals surface area (Å²) >= 11 is 0. The van der Waals surface area contributed by atoms with Crippen LogP contribution in [0.3, 0.4) is 0 Å². The second-order valence-electron chi connectivity index (χ2n) is 5.19. The Morgan fingerprint density at radius 1 is 0.963 bits per heavy atom. The molecule has 0 aliphatic heterocycles. The first-order chi connectivity index (χ1) is 13.1. The summed E-state index contributed by atoms with van der Waals surface area (Å²) in [5.41, 5.74) is 0.624. The molecule has 0 fully saturated rings. The summed E-state index contributed by atoms with van der Waals surface area (Å²) in [6.07, 6.45) is 2.84. The molecule has 7 heteroatoms. The summed E-state index contributed by atoms with van der Waals surface area (Å²) in [4.78, 5) is 23.2. The number of para-hydroxylation sites is 1. The smallest absolute Gasteiger partial charge is 0.343 e. The summed E-state index contributed by atoms with van der Waals surface area (Å²) in [5, 5.41) is 0. The zero-order valence-electron chi connectivity index (χ0n) is 15.3. The van der Waals surface area contributed by atoms with Gasteiger partial charge in [0.1, 0.15) is 5.75 Å². The molecule has 142 valence electrons. The minimum absolute atomic E-state index is 0.259. The zero-order valence-corrected chi connectivity index (χ0v) is 15.3. The molecule has 0 amide bonds. The van der Waals surface area contributed by atoms with E-state index >= 15 is 0 Å². The van der Waals surface area contributed by atoms with Gasteiger partial charge < -0.3 is 23.7 Å². The first-order valence-electron chi connectivity index (χ1n) is 7.98. The van der Waals surface area contributed by atoms with Gasteiger partial charge >= 0.3 is 11.9 Å². The van der Waals surface area contributed by atoms with Crippen molar-refractivity contribution >= 4 is 18.0 Å². The van der Waals surface area contributed by atoms with E-state index in [9.17, 15) is 9.59 Å². The fourth-order valence-electron chi connectivity index (χ4n) is 2.13. The molecular weight excluding hydrogens is 352 g/mol. The van der Waals surface area contributed by atoms with Gasteiger partial charge in [-0.1, -0.05) is 18.2 Å². The van der Waals surface area contributed by atoms with E-state index in [1.165, 1.54) is 27.4 Å². The predicted octanol–water partition coefficient (Wildman–Crippen LogP) is 2.87. The molecule has 2 aromatic carbocycles. The van der Waals surface area contributed by atoms with Crippen LogP contribution in [0.4, 0.5) is 0 Å². The summed E-state index contributed by atoms with van der Waals surface area (Å²) in [6, 6.07) is 12.0. The van der Waals surface area contributed by atoms with Gasteiger partial charge in [0.25, 0.3) is 0 Å². The van der Waals surface area contributed by atoms with Crippen molar-refractivity contribution in [3.05, 3.63) is 54.1 Å². The van der Waals surface area contributed by atoms with Crippen molar-refractivity contribution in [1.82, 2.24) is 0 Å². The van der Waals surface area contributed by atoms with E-state index in [1.54, 1.807) is 42.5 Å². The average molecular weight is 372 g/mol. The van der Waals surface area contributed by atoms with E-state index in [2.05, 4.69) is 4.74 Å². The average Bonchev–Trinajstić information content (AvgIpc) is 2.70. The Kier molecular flexibility index (Phi) is 7.25. The van der Waals surface area contributed by atoms with E-state index < -0.39 is 11.9 Å². The molecule has 0 bridgehead atoms. The SMILES string of the molecule is COC(=O)COc1c(OC)cc(C=CC(=O)Oc2ccccc2)cc1OC. The molecule has 0 N–H and O–H groups in total. The Bertz CT molecular complexity index is 787. The quantitative estimate of drug-likeness (QED) is 0.400. The molecule has 0 saturated carbocycles. The van der Waals surface area contributed by atoms with Crippen LogP contribution in [0.25, 0.3) is 6.08 Å². The highest BCUT2D eigenvalue weighted by atomic mass is 16.6. The normalized spacial score (nSPS) is 10.3. The van der Waals surface area contributed by atoms with Gasteiger partial charge in [0.2, 0.25) is 5.75 Å². The lowest BCUT2D eigenvalue weighted by Crippen LogP contribution is -2.13. The second kappa shape index (κ2) is 9.86. The number of hydrogen-bond donors (Lipinski definition) is 0. The van der Waals surface area contributed by atoms with Crippen molar-refractivity contribution in [3.8, 4) is 23.0 Å². The minimum Gasteiger partial charge on any atom is -0.493 e. The maximum atomic E-state index is 11.9. The molecule has 2 rings (SSSR count). The topological polar surface area (TPSA) is 80.3 Å². The number of hydrogen-bond acceptors (Lipinski definition) is 7. The van der Waals surface area contributed by atoms with E-state index in [-0.39, 0.29) is 12.4 Å². The van der Waals surface area contributed by atoms with Gasteiger partial charge in [0.15, 0.2) is 18.1 Å². The summed E-state index contributed by atoms with van der Waals surface area (Å²) in [6.45, 7) is -0.290. The van der Waals surface area contributed by atoms with Crippen LogP contribution in [-0.4, -0.2) is 39.9 Å². The standard InChI is InChI=1S/C20H20O7/c1-23-16-11-14(9-10-18(21)27-15-7-5-4-6-8-15)12-17(24-2)20(16)26-13-19(22)25-3/h4-12H,13H2,1-3H3. The van der Waals surface area contributed by atoms with E-state index in [4.69, 9.17) is 18.9 Å². The molecule has 0 radical (unpaired) electrons. The van der Waals surface area contributed by atoms with E-state index in [0.717, 1.165) is 0 Å². The van der Waals surface area contributed by atoms with Crippen molar-refractivity contribution in [2.24, 2.45) is 0 Å². The lowest BCUT2D eigenvalue weighted by atomic mass is 10.1. The number of benzene rings is 2. The molecule has 2 aromatic rings. The summed E-state index contributed by atoms with van der Waals surface area (Å²) in [7, 11) is 4.18. The molecule has 7 nitrogen and oxygen atoms in total. The van der Waals surface area contributed by atoms with E-state index in [1.807, 2.05) is 6.07 Å². The van der Waals surface area contributed by atoms with Gasteiger partial charge in [-0.15, -0.1) is 0 Å². The number of methoxy groups -OCH3 is 3. The lowest BCUT2D eigenvalue weighted by molar-refractivity contribution is -0.143. The maximum Gasteiger partial charge on any atom is 0.343 e. The van der Waals surface area contributed by atoms with Crippen molar-refractivity contribution < 1.29 is 33.3 Å². The Morgan fingerprint density at radius 3 is 2.15 bits per heavy atom. The number of carbonyl (C=O) groups is 2. The van der Waals surface area contributed by atoms with Crippen LogP contribution >= 0.6 is 0 Å². The van der Waals surface area contributed by atoms with Crippen molar-refractivity contribution in [3.63, 3.8) is 0 Å². The highest BCUT2D eigenvalue weighted by molar-refractivity contribution is 5.89. The third-order valence-corrected chi connectivity index (χ3v) is 3.42. The Morgan fingerprint density at radius 2 is 1.59 bits per heavy atom. The summed E-state index contributed by atoms with van der Waals surface area (Å²) < 4.78 is 25.7. The summed E-state index contributed by atoms with van der Waals surface area (Å²) in [5.74, 6) is 0.337. The minimum atomic E-state index is -0.535. The van der Waals surface area contributed by atoms with Gasteiger partial charge in [0, 0.05) is 6.08 Å². The monoisotopic (exact) mass is 372 g/mol. The van der Waals surface area contributed by atoms with Crippen LogP contribution in [0.1, 0.15) is 5.56 Å². The highest BCUT2D eigenvalue weighted by Gasteiger charge is 2.15. The van der Waals surface area contributed by atoms with E-state index in [0.29, 0.717) is 22.8 Å². The third-order valence-electron chi connectivity index (χ3n) is 3.42. The van der Waals surface area contributed by atoms with Gasteiger partial charge in [0.05, 0.1) is 21.3 Å². The predicted molar refractivity (Wildman–Crippen MR) is 98.2 cm³/mol. The fraction of sp³-hybridized carbons (Fsp3) is 0.200. The van der Waals surface area contributed by atoms with Gasteiger partial charge in [-0.25, -0.2) is 9.59 Å². The molecule has 0 aliphatic rings. The molecular formula is C20H20O7. The second-order valence-corrected chi connectivity index (χ2v) is 5.19. The molecule has 0 aromatic heterocycles. The van der Waals surface area contributed by atoms with Gasteiger partial charge in [-0.2, -0.15) is 0 Å². The van der Waals surface area contributed by atoms with Crippen LogP contribution in [-0.2, 0) is 14.3 Å². The van der Waals surface area contributed by atoms with Gasteiger partial charge in [-0.05, 0) is 35.9 Å². The van der Waals surface area contributed by atoms with Crippen molar-refractivity contribution in [2.75, 3.05) is 27.9 Å². The fourth-order valence-corrected chi connectivity index (χ4v) is 2.13. The number of carbonyl (C=O) groups excluding carboxylic acids is 2. The maximum absolute atomic E-state index is 11.9. The first kappa shape index (κ1) is 19.8. The lowest BCUT2D eigenvalue weighted by Gasteiger charge is -2.14. The molecule has 27 heavy (non-hydrogen) atoms. The van der Waals surface area contributed by atoms with Crippen LogP contribution < -0.4 is 18.9 Å². The third kappa shape index (κ3) is 5.78. The Labute approximate surface area is 157 Å². The van der Waals surface area contributed by atoms with Crippen LogP contribution in [0, 0.1) is 0 Å². The molecule has 0 aliphatic carbocycles. The van der Waals surface area contributed by atoms with Crippen LogP contribution in [0.15, 0.2) is 48.5 Å². The molecule has 0 atom stereocenters. The van der Waals surface area contributed by atoms with Crippen molar-refractivity contribution in [1.29, 1.82) is 0 Å². The number of rotatable bonds is 8. The molecule has 0 heterocycles. The molecule has 0 spiro atoms. The number of ether oxygens (including phenoxy) is 5. The van der Waals surface area contributed by atoms with Gasteiger partial charge in [-0.3, -0.25) is 0 Å². The molecule has 0 unspecified atom stereocenters. The van der Waals surface area contributed by atoms with Crippen LogP contribution in [0.5, 0.6) is 23.0 Å². The van der Waals surface area contributed by atoms with Crippen LogP contribution in [0.2, 0.25) is 0 Å². The highest BCUT2D eigenvalue weighted by Crippen LogP contribution is 2.39. The first-order valence-corrected chi connectivity index (χ1v) is 7.98. The molecule has 0 saturated heterocycles.